The Morgan fingerprint density at radius 1 is 1.30 bits per heavy atom. The number of morpholine rings is 1. The zero-order valence-corrected chi connectivity index (χ0v) is 18.4. The molecule has 0 saturated carbocycles. The number of alkyl halides is 3. The normalized spacial score (nSPS) is 18.2. The van der Waals surface area contributed by atoms with Crippen LogP contribution in [0.15, 0.2) is 23.2 Å². The molecule has 0 spiro atoms. The topological polar surface area (TPSA) is 36.9 Å². The van der Waals surface area contributed by atoms with E-state index in [-0.39, 0.29) is 36.5 Å². The summed E-state index contributed by atoms with van der Waals surface area (Å²) in [6, 6.07) is 6.33. The van der Waals surface area contributed by atoms with Crippen molar-refractivity contribution in [3.8, 4) is 0 Å². The molecular weight excluding hydrogens is 470 g/mol. The SMILES string of the molecule is CN=C(NCCCCC(F)(F)F)N1CCOC(c2ccc(C)cc2C)C1.I. The molecule has 0 aliphatic carbocycles. The highest BCUT2D eigenvalue weighted by atomic mass is 127. The first-order valence-electron chi connectivity index (χ1n) is 9.01. The fraction of sp³-hybridized carbons (Fsp3) is 0.632. The van der Waals surface area contributed by atoms with Gasteiger partial charge in [0.2, 0.25) is 0 Å². The lowest BCUT2D eigenvalue weighted by molar-refractivity contribution is -0.135. The highest BCUT2D eigenvalue weighted by Gasteiger charge is 2.27. The summed E-state index contributed by atoms with van der Waals surface area (Å²) in [7, 11) is 1.69. The summed E-state index contributed by atoms with van der Waals surface area (Å²) in [5.74, 6) is 0.718. The van der Waals surface area contributed by atoms with Crippen molar-refractivity contribution in [1.29, 1.82) is 0 Å². The highest BCUT2D eigenvalue weighted by Crippen LogP contribution is 2.26. The van der Waals surface area contributed by atoms with Gasteiger partial charge in [0, 0.05) is 26.6 Å². The average Bonchev–Trinajstić information content (AvgIpc) is 2.57. The first-order chi connectivity index (χ1) is 12.3. The summed E-state index contributed by atoms with van der Waals surface area (Å²) in [5, 5.41) is 3.17. The van der Waals surface area contributed by atoms with Gasteiger partial charge in [-0.3, -0.25) is 4.99 Å². The number of ether oxygens (including phenoxy) is 1. The van der Waals surface area contributed by atoms with E-state index in [2.05, 4.69) is 47.3 Å². The minimum atomic E-state index is -4.08. The molecule has 1 aromatic carbocycles. The van der Waals surface area contributed by atoms with E-state index in [9.17, 15) is 13.2 Å². The molecule has 1 aliphatic rings. The lowest BCUT2D eigenvalue weighted by Gasteiger charge is -2.36. The maximum Gasteiger partial charge on any atom is 0.389 e. The monoisotopic (exact) mass is 499 g/mol. The van der Waals surface area contributed by atoms with Gasteiger partial charge in [-0.05, 0) is 37.8 Å². The Hall–Kier alpha value is -1.03. The van der Waals surface area contributed by atoms with Crippen molar-refractivity contribution in [2.24, 2.45) is 4.99 Å². The van der Waals surface area contributed by atoms with Gasteiger partial charge in [0.15, 0.2) is 5.96 Å². The Balaban J connectivity index is 0.00000364. The summed E-state index contributed by atoms with van der Waals surface area (Å²) in [6.07, 6.45) is -4.26. The number of nitrogens with one attached hydrogen (secondary N) is 1. The number of benzene rings is 1. The lowest BCUT2D eigenvalue weighted by atomic mass is 10.00. The molecule has 4 nitrogen and oxygen atoms in total. The predicted molar refractivity (Wildman–Crippen MR) is 113 cm³/mol. The molecule has 8 heteroatoms. The van der Waals surface area contributed by atoms with Gasteiger partial charge in [0.25, 0.3) is 0 Å². The maximum atomic E-state index is 12.2. The van der Waals surface area contributed by atoms with E-state index in [4.69, 9.17) is 4.74 Å². The van der Waals surface area contributed by atoms with Gasteiger partial charge in [-0.25, -0.2) is 0 Å². The number of nitrogens with zero attached hydrogens (tertiary/aromatic N) is 2. The summed E-state index contributed by atoms with van der Waals surface area (Å²) < 4.78 is 42.5. The van der Waals surface area contributed by atoms with Gasteiger partial charge >= 0.3 is 6.18 Å². The van der Waals surface area contributed by atoms with Crippen LogP contribution in [0, 0.1) is 13.8 Å². The van der Waals surface area contributed by atoms with Crippen molar-refractivity contribution < 1.29 is 17.9 Å². The number of aliphatic imine (C=N–C) groups is 1. The van der Waals surface area contributed by atoms with Crippen LogP contribution < -0.4 is 5.32 Å². The molecule has 1 fully saturated rings. The van der Waals surface area contributed by atoms with Crippen LogP contribution in [0.3, 0.4) is 0 Å². The van der Waals surface area contributed by atoms with E-state index in [0.717, 1.165) is 5.96 Å². The molecule has 0 aromatic heterocycles. The number of hydrogen-bond acceptors (Lipinski definition) is 2. The van der Waals surface area contributed by atoms with E-state index in [0.29, 0.717) is 32.7 Å². The fourth-order valence-corrected chi connectivity index (χ4v) is 3.20. The molecule has 1 saturated heterocycles. The van der Waals surface area contributed by atoms with Crippen molar-refractivity contribution >= 4 is 29.9 Å². The van der Waals surface area contributed by atoms with E-state index in [1.807, 2.05) is 0 Å². The molecule has 1 aromatic rings. The largest absolute Gasteiger partial charge is 0.389 e. The molecule has 1 heterocycles. The van der Waals surface area contributed by atoms with Gasteiger partial charge < -0.3 is 15.0 Å². The second-order valence-electron chi connectivity index (χ2n) is 6.71. The van der Waals surface area contributed by atoms with Crippen LogP contribution in [0.25, 0.3) is 0 Å². The zero-order valence-electron chi connectivity index (χ0n) is 16.1. The van der Waals surface area contributed by atoms with Crippen LogP contribution >= 0.6 is 24.0 Å². The quantitative estimate of drug-likeness (QED) is 0.279. The third-order valence-corrected chi connectivity index (χ3v) is 4.52. The standard InChI is InChI=1S/C19H28F3N3O.HI/c1-14-6-7-16(15(2)12-14)17-13-25(10-11-26-17)18(23-3)24-9-5-4-8-19(20,21)22;/h6-7,12,17H,4-5,8-11,13H2,1-3H3,(H,23,24);1H. The molecule has 1 unspecified atom stereocenters. The van der Waals surface area contributed by atoms with E-state index >= 15 is 0 Å². The smallest absolute Gasteiger partial charge is 0.370 e. The predicted octanol–water partition coefficient (Wildman–Crippen LogP) is 4.60. The molecule has 0 bridgehead atoms. The molecular formula is C19H29F3IN3O. The van der Waals surface area contributed by atoms with Gasteiger partial charge in [0.05, 0.1) is 13.2 Å². The van der Waals surface area contributed by atoms with Crippen molar-refractivity contribution in [3.05, 3.63) is 34.9 Å². The summed E-state index contributed by atoms with van der Waals surface area (Å²) in [6.45, 7) is 6.60. The molecule has 1 atom stereocenters. The van der Waals surface area contributed by atoms with E-state index in [1.165, 1.54) is 16.7 Å². The third kappa shape index (κ3) is 7.85. The Labute approximate surface area is 176 Å². The minimum Gasteiger partial charge on any atom is -0.370 e. The first-order valence-corrected chi connectivity index (χ1v) is 9.01. The van der Waals surface area contributed by atoms with Crippen molar-refractivity contribution in [2.75, 3.05) is 33.3 Å². The Morgan fingerprint density at radius 2 is 2.04 bits per heavy atom. The van der Waals surface area contributed by atoms with Crippen LogP contribution in [0.1, 0.15) is 42.1 Å². The Kier molecular flexibility index (Phi) is 9.86. The number of aryl methyl sites for hydroxylation is 2. The number of guanidine groups is 1. The molecule has 0 radical (unpaired) electrons. The average molecular weight is 499 g/mol. The second-order valence-corrected chi connectivity index (χ2v) is 6.71. The summed E-state index contributed by atoms with van der Waals surface area (Å²) >= 11 is 0. The fourth-order valence-electron chi connectivity index (χ4n) is 3.20. The highest BCUT2D eigenvalue weighted by molar-refractivity contribution is 14.0. The van der Waals surface area contributed by atoms with Crippen LogP contribution in [-0.4, -0.2) is 50.3 Å². The minimum absolute atomic E-state index is 0. The zero-order chi connectivity index (χ0) is 19.2. The number of halogens is 4. The summed E-state index contributed by atoms with van der Waals surface area (Å²) in [4.78, 5) is 6.38. The third-order valence-electron chi connectivity index (χ3n) is 4.52. The summed E-state index contributed by atoms with van der Waals surface area (Å²) in [5.41, 5.74) is 3.59. The molecule has 1 N–H and O–H groups in total. The van der Waals surface area contributed by atoms with Crippen LogP contribution in [-0.2, 0) is 4.74 Å². The van der Waals surface area contributed by atoms with Crippen molar-refractivity contribution in [1.82, 2.24) is 10.2 Å². The van der Waals surface area contributed by atoms with Crippen molar-refractivity contribution in [3.63, 3.8) is 0 Å². The van der Waals surface area contributed by atoms with E-state index < -0.39 is 12.6 Å². The Bertz CT molecular complexity index is 623. The molecule has 27 heavy (non-hydrogen) atoms. The lowest BCUT2D eigenvalue weighted by Crippen LogP contribution is -2.48. The van der Waals surface area contributed by atoms with Crippen LogP contribution in [0.5, 0.6) is 0 Å². The number of hydrogen-bond donors (Lipinski definition) is 1. The molecule has 1 aliphatic heterocycles. The molecule has 2 rings (SSSR count). The van der Waals surface area contributed by atoms with Crippen molar-refractivity contribution in [2.45, 2.75) is 45.4 Å². The Morgan fingerprint density at radius 3 is 2.67 bits per heavy atom. The van der Waals surface area contributed by atoms with Gasteiger partial charge in [0.1, 0.15) is 6.10 Å². The number of unbranched alkanes of at least 4 members (excludes halogenated alkanes) is 1. The number of rotatable bonds is 5. The first kappa shape index (κ1) is 24.0. The molecule has 154 valence electrons. The maximum absolute atomic E-state index is 12.2. The van der Waals surface area contributed by atoms with Gasteiger partial charge in [-0.15, -0.1) is 24.0 Å². The van der Waals surface area contributed by atoms with Crippen LogP contribution in [0.2, 0.25) is 0 Å². The molecule has 0 amide bonds. The van der Waals surface area contributed by atoms with Crippen LogP contribution in [0.4, 0.5) is 13.2 Å². The van der Waals surface area contributed by atoms with Gasteiger partial charge in [-0.2, -0.15) is 13.2 Å². The van der Waals surface area contributed by atoms with E-state index in [1.54, 1.807) is 7.05 Å². The second kappa shape index (κ2) is 11.1. The van der Waals surface area contributed by atoms with Gasteiger partial charge in [-0.1, -0.05) is 23.8 Å².